The van der Waals surface area contributed by atoms with E-state index in [4.69, 9.17) is 21.1 Å². The first-order valence-corrected chi connectivity index (χ1v) is 11.4. The molecule has 0 aliphatic rings. The van der Waals surface area contributed by atoms with Crippen LogP contribution in [0.1, 0.15) is 19.4 Å². The summed E-state index contributed by atoms with van der Waals surface area (Å²) in [5, 5.41) is 3.07. The minimum atomic E-state index is -3.65. The fourth-order valence-corrected chi connectivity index (χ4v) is 4.47. The first kappa shape index (κ1) is 24.6. The van der Waals surface area contributed by atoms with Crippen LogP contribution in [0.25, 0.3) is 0 Å². The molecule has 10 heteroatoms. The van der Waals surface area contributed by atoms with Crippen LogP contribution < -0.4 is 10.1 Å². The van der Waals surface area contributed by atoms with E-state index in [1.807, 2.05) is 0 Å². The highest BCUT2D eigenvalue weighted by molar-refractivity contribution is 7.89. The van der Waals surface area contributed by atoms with Gasteiger partial charge in [0.05, 0.1) is 4.90 Å². The fraction of sp³-hybridized carbons (Fsp3) is 0.333. The molecule has 0 aliphatic carbocycles. The first-order valence-electron chi connectivity index (χ1n) is 9.62. The van der Waals surface area contributed by atoms with Gasteiger partial charge < -0.3 is 14.8 Å². The molecule has 0 heterocycles. The number of sulfonamides is 1. The summed E-state index contributed by atoms with van der Waals surface area (Å²) in [4.78, 5) is 24.0. The zero-order valence-corrected chi connectivity index (χ0v) is 19.1. The highest BCUT2D eigenvalue weighted by atomic mass is 35.5. The van der Waals surface area contributed by atoms with Gasteiger partial charge in [-0.05, 0) is 48.9 Å². The van der Waals surface area contributed by atoms with Crippen LogP contribution >= 0.6 is 11.6 Å². The van der Waals surface area contributed by atoms with Crippen molar-refractivity contribution in [1.29, 1.82) is 0 Å². The Morgan fingerprint density at radius 3 is 2.42 bits per heavy atom. The molecule has 0 bridgehead atoms. The summed E-state index contributed by atoms with van der Waals surface area (Å²) in [6, 6.07) is 10.9. The molecule has 2 aromatic rings. The summed E-state index contributed by atoms with van der Waals surface area (Å²) in [6.45, 7) is 5.06. The molecular weight excluding hydrogens is 444 g/mol. The lowest BCUT2D eigenvalue weighted by Gasteiger charge is -2.18. The van der Waals surface area contributed by atoms with Crippen LogP contribution in [0.2, 0.25) is 5.02 Å². The zero-order chi connectivity index (χ0) is 23.0. The van der Waals surface area contributed by atoms with Gasteiger partial charge in [-0.25, -0.2) is 13.2 Å². The number of halogens is 1. The molecule has 0 aliphatic heterocycles. The Kier molecular flexibility index (Phi) is 8.85. The van der Waals surface area contributed by atoms with Gasteiger partial charge in [0.25, 0.3) is 5.91 Å². The maximum Gasteiger partial charge on any atom is 0.344 e. The molecule has 0 saturated heterocycles. The summed E-state index contributed by atoms with van der Waals surface area (Å²) >= 11 is 5.87. The number of amides is 1. The van der Waals surface area contributed by atoms with Crippen LogP contribution in [-0.4, -0.2) is 50.9 Å². The molecule has 2 aromatic carbocycles. The van der Waals surface area contributed by atoms with Crippen molar-refractivity contribution >= 4 is 39.2 Å². The summed E-state index contributed by atoms with van der Waals surface area (Å²) in [5.41, 5.74) is 1.04. The normalized spacial score (nSPS) is 11.3. The molecule has 31 heavy (non-hydrogen) atoms. The summed E-state index contributed by atoms with van der Waals surface area (Å²) in [7, 11) is -3.65. The molecule has 168 valence electrons. The van der Waals surface area contributed by atoms with Gasteiger partial charge in [-0.15, -0.1) is 0 Å². The van der Waals surface area contributed by atoms with Crippen LogP contribution in [0.5, 0.6) is 5.75 Å². The fourth-order valence-electron chi connectivity index (χ4n) is 2.74. The van der Waals surface area contributed by atoms with Crippen molar-refractivity contribution in [3.63, 3.8) is 0 Å². The van der Waals surface area contributed by atoms with Crippen molar-refractivity contribution in [2.45, 2.75) is 25.7 Å². The standard InChI is InChI=1S/C21H25ClN2O6S/c1-4-24(5-2)31(27,28)18-8-6-7-17(12-18)23-20(25)13-30-21(26)14-29-19-10-9-16(22)11-15(19)3/h6-12H,4-5,13-14H2,1-3H3,(H,23,25). The number of carbonyl (C=O) groups is 2. The number of anilines is 1. The van der Waals surface area contributed by atoms with Gasteiger partial charge >= 0.3 is 5.97 Å². The number of benzene rings is 2. The van der Waals surface area contributed by atoms with E-state index in [1.165, 1.54) is 22.5 Å². The molecule has 1 amide bonds. The Labute approximate surface area is 187 Å². The van der Waals surface area contributed by atoms with Gasteiger partial charge in [0, 0.05) is 23.8 Å². The van der Waals surface area contributed by atoms with Crippen molar-refractivity contribution in [3.05, 3.63) is 53.1 Å². The van der Waals surface area contributed by atoms with Crippen LogP contribution in [0, 0.1) is 6.92 Å². The molecule has 1 N–H and O–H groups in total. The van der Waals surface area contributed by atoms with E-state index in [2.05, 4.69) is 5.32 Å². The van der Waals surface area contributed by atoms with Crippen molar-refractivity contribution in [3.8, 4) is 5.75 Å². The molecule has 0 unspecified atom stereocenters. The molecule has 8 nitrogen and oxygen atoms in total. The predicted octanol–water partition coefficient (Wildman–Crippen LogP) is 3.24. The Morgan fingerprint density at radius 2 is 1.77 bits per heavy atom. The predicted molar refractivity (Wildman–Crippen MR) is 118 cm³/mol. The lowest BCUT2D eigenvalue weighted by molar-refractivity contribution is -0.149. The van der Waals surface area contributed by atoms with Crippen molar-refractivity contribution in [2.24, 2.45) is 0 Å². The van der Waals surface area contributed by atoms with Gasteiger partial charge in [0.1, 0.15) is 5.75 Å². The number of rotatable bonds is 10. The highest BCUT2D eigenvalue weighted by Crippen LogP contribution is 2.22. The highest BCUT2D eigenvalue weighted by Gasteiger charge is 2.22. The molecule has 0 atom stereocenters. The first-order chi connectivity index (χ1) is 14.7. The van der Waals surface area contributed by atoms with E-state index in [0.717, 1.165) is 5.56 Å². The largest absolute Gasteiger partial charge is 0.482 e. The number of hydrogen-bond acceptors (Lipinski definition) is 6. The monoisotopic (exact) mass is 468 g/mol. The number of carbonyl (C=O) groups excluding carboxylic acids is 2. The van der Waals surface area contributed by atoms with Crippen molar-refractivity contribution in [1.82, 2.24) is 4.31 Å². The third-order valence-electron chi connectivity index (χ3n) is 4.31. The van der Waals surface area contributed by atoms with Gasteiger partial charge in [0.15, 0.2) is 13.2 Å². The number of nitrogens with one attached hydrogen (secondary N) is 1. The van der Waals surface area contributed by atoms with E-state index >= 15 is 0 Å². The van der Waals surface area contributed by atoms with Crippen molar-refractivity contribution < 1.29 is 27.5 Å². The average Bonchev–Trinajstić information content (AvgIpc) is 2.72. The second-order valence-corrected chi connectivity index (χ2v) is 8.90. The topological polar surface area (TPSA) is 102 Å². The van der Waals surface area contributed by atoms with Crippen LogP contribution in [0.4, 0.5) is 5.69 Å². The summed E-state index contributed by atoms with van der Waals surface area (Å²) < 4.78 is 36.8. The molecule has 0 spiro atoms. The molecule has 2 rings (SSSR count). The van der Waals surface area contributed by atoms with Gasteiger partial charge in [-0.1, -0.05) is 31.5 Å². The quantitative estimate of drug-likeness (QED) is 0.537. The third-order valence-corrected chi connectivity index (χ3v) is 6.59. The van der Waals surface area contributed by atoms with Gasteiger partial charge in [-0.2, -0.15) is 4.31 Å². The van der Waals surface area contributed by atoms with Gasteiger partial charge in [0.2, 0.25) is 10.0 Å². The third kappa shape index (κ3) is 6.95. The van der Waals surface area contributed by atoms with E-state index in [9.17, 15) is 18.0 Å². The zero-order valence-electron chi connectivity index (χ0n) is 17.6. The van der Waals surface area contributed by atoms with E-state index in [0.29, 0.717) is 23.9 Å². The minimum Gasteiger partial charge on any atom is -0.482 e. The number of hydrogen-bond donors (Lipinski definition) is 1. The Balaban J connectivity index is 1.89. The second kappa shape index (κ2) is 11.1. The molecule has 0 aromatic heterocycles. The molecular formula is C21H25ClN2O6S. The van der Waals surface area contributed by atoms with Crippen molar-refractivity contribution in [2.75, 3.05) is 31.6 Å². The number of aryl methyl sites for hydroxylation is 1. The van der Waals surface area contributed by atoms with E-state index in [1.54, 1.807) is 45.0 Å². The summed E-state index contributed by atoms with van der Waals surface area (Å²) in [6.07, 6.45) is 0. The number of ether oxygens (including phenoxy) is 2. The number of nitrogens with zero attached hydrogens (tertiary/aromatic N) is 1. The SMILES string of the molecule is CCN(CC)S(=O)(=O)c1cccc(NC(=O)COC(=O)COc2ccc(Cl)cc2C)c1. The van der Waals surface area contributed by atoms with Gasteiger partial charge in [-0.3, -0.25) is 4.79 Å². The lowest BCUT2D eigenvalue weighted by Crippen LogP contribution is -2.30. The minimum absolute atomic E-state index is 0.0673. The molecule has 0 saturated carbocycles. The van der Waals surface area contributed by atoms with Crippen LogP contribution in [0.3, 0.4) is 0 Å². The Hall–Kier alpha value is -2.62. The average molecular weight is 469 g/mol. The van der Waals surface area contributed by atoms with Crippen LogP contribution in [0.15, 0.2) is 47.4 Å². The van der Waals surface area contributed by atoms with E-state index in [-0.39, 0.29) is 17.2 Å². The molecule has 0 fully saturated rings. The van der Waals surface area contributed by atoms with E-state index < -0.39 is 28.5 Å². The Bertz CT molecular complexity index is 1040. The number of esters is 1. The smallest absolute Gasteiger partial charge is 0.344 e. The lowest BCUT2D eigenvalue weighted by atomic mass is 10.2. The Morgan fingerprint density at radius 1 is 1.06 bits per heavy atom. The molecule has 0 radical (unpaired) electrons. The van der Waals surface area contributed by atoms with Crippen LogP contribution in [-0.2, 0) is 24.3 Å². The summed E-state index contributed by atoms with van der Waals surface area (Å²) in [5.74, 6) is -0.840. The maximum absolute atomic E-state index is 12.6. The maximum atomic E-state index is 12.6. The second-order valence-electron chi connectivity index (χ2n) is 6.52.